The number of unbranched alkanes of at least 4 members (excludes halogenated alkanes) is 4. The minimum Gasteiger partial charge on any atom is -0.494 e. The van der Waals surface area contributed by atoms with Crippen LogP contribution in [0.2, 0.25) is 0 Å². The van der Waals surface area contributed by atoms with Crippen LogP contribution in [0.4, 0.5) is 9.18 Å². The van der Waals surface area contributed by atoms with Crippen molar-refractivity contribution in [2.24, 2.45) is 0 Å². The highest BCUT2D eigenvalue weighted by Crippen LogP contribution is 2.34. The maximum atomic E-state index is 15.2. The summed E-state index contributed by atoms with van der Waals surface area (Å²) in [7, 11) is 1.23. The van der Waals surface area contributed by atoms with Crippen LogP contribution in [0.5, 0.6) is 5.75 Å². The summed E-state index contributed by atoms with van der Waals surface area (Å²) in [5.41, 5.74) is 1.13. The molecule has 1 atom stereocenters. The Morgan fingerprint density at radius 2 is 1.77 bits per heavy atom. The number of hydrogen-bond acceptors (Lipinski definition) is 7. The molecule has 1 N–H and O–H groups in total. The lowest BCUT2D eigenvalue weighted by atomic mass is 10.0. The van der Waals surface area contributed by atoms with Crippen molar-refractivity contribution in [1.82, 2.24) is 10.3 Å². The van der Waals surface area contributed by atoms with Crippen LogP contribution in [0.15, 0.2) is 48.7 Å². The van der Waals surface area contributed by atoms with Gasteiger partial charge in [-0.1, -0.05) is 38.7 Å². The van der Waals surface area contributed by atoms with E-state index in [1.165, 1.54) is 50.2 Å². The van der Waals surface area contributed by atoms with E-state index in [0.29, 0.717) is 22.7 Å². The van der Waals surface area contributed by atoms with Crippen molar-refractivity contribution in [3.8, 4) is 26.8 Å². The third-order valence-electron chi connectivity index (χ3n) is 6.04. The van der Waals surface area contributed by atoms with Crippen molar-refractivity contribution in [3.63, 3.8) is 0 Å². The first kappa shape index (κ1) is 31.1. The Morgan fingerprint density at radius 1 is 1.05 bits per heavy atom. The molecule has 9 heteroatoms. The third kappa shape index (κ3) is 9.62. The Balaban J connectivity index is 1.64. The van der Waals surface area contributed by atoms with Crippen molar-refractivity contribution in [3.05, 3.63) is 60.0 Å². The number of methoxy groups -OCH3 is 1. The molecule has 0 aliphatic rings. The summed E-state index contributed by atoms with van der Waals surface area (Å²) in [6, 6.07) is 11.5. The van der Waals surface area contributed by atoms with E-state index >= 15 is 4.39 Å². The zero-order chi connectivity index (χ0) is 29.1. The Bertz CT molecular complexity index is 1250. The smallest absolute Gasteiger partial charge is 0.408 e. The Kier molecular flexibility index (Phi) is 11.5. The molecule has 7 nitrogen and oxygen atoms in total. The van der Waals surface area contributed by atoms with Crippen LogP contribution in [-0.2, 0) is 20.7 Å². The van der Waals surface area contributed by atoms with Gasteiger partial charge in [0, 0.05) is 18.2 Å². The van der Waals surface area contributed by atoms with Crippen molar-refractivity contribution in [2.45, 2.75) is 77.9 Å². The normalized spacial score (nSPS) is 12.1. The maximum Gasteiger partial charge on any atom is 0.408 e. The minimum atomic E-state index is -1.02. The van der Waals surface area contributed by atoms with Gasteiger partial charge in [0.15, 0.2) is 0 Å². The zero-order valence-electron chi connectivity index (χ0n) is 23.9. The van der Waals surface area contributed by atoms with Gasteiger partial charge >= 0.3 is 12.1 Å². The summed E-state index contributed by atoms with van der Waals surface area (Å²) in [4.78, 5) is 29.8. The number of amides is 1. The molecule has 0 unspecified atom stereocenters. The molecular weight excluding hydrogens is 531 g/mol. The Labute approximate surface area is 240 Å². The van der Waals surface area contributed by atoms with Gasteiger partial charge in [-0.2, -0.15) is 0 Å². The van der Waals surface area contributed by atoms with Crippen LogP contribution < -0.4 is 10.1 Å². The molecule has 0 radical (unpaired) electrons. The lowest BCUT2D eigenvalue weighted by Crippen LogP contribution is -2.45. The van der Waals surface area contributed by atoms with Crippen LogP contribution in [0.25, 0.3) is 21.0 Å². The second-order valence-electron chi connectivity index (χ2n) is 10.6. The number of rotatable bonds is 13. The Morgan fingerprint density at radius 3 is 2.42 bits per heavy atom. The fourth-order valence-electron chi connectivity index (χ4n) is 4.02. The molecule has 3 aromatic rings. The van der Waals surface area contributed by atoms with Gasteiger partial charge in [-0.25, -0.2) is 19.0 Å². The molecule has 216 valence electrons. The molecule has 0 spiro atoms. The average Bonchev–Trinajstić information content (AvgIpc) is 3.39. The topological polar surface area (TPSA) is 86.8 Å². The van der Waals surface area contributed by atoms with Crippen LogP contribution in [0.1, 0.15) is 65.4 Å². The van der Waals surface area contributed by atoms with Crippen LogP contribution in [-0.4, -0.2) is 42.4 Å². The van der Waals surface area contributed by atoms with E-state index in [2.05, 4.69) is 17.2 Å². The number of ether oxygens (including phenoxy) is 3. The third-order valence-corrected chi connectivity index (χ3v) is 7.12. The molecule has 1 heterocycles. The zero-order valence-corrected chi connectivity index (χ0v) is 24.7. The fraction of sp³-hybridized carbons (Fsp3) is 0.452. The number of nitrogens with zero attached hydrogens (tertiary/aromatic N) is 1. The fourth-order valence-corrected chi connectivity index (χ4v) is 4.97. The molecule has 0 fully saturated rings. The van der Waals surface area contributed by atoms with E-state index in [1.807, 2.05) is 24.3 Å². The summed E-state index contributed by atoms with van der Waals surface area (Å²) in [5.74, 6) is -0.290. The average molecular weight is 571 g/mol. The van der Waals surface area contributed by atoms with Gasteiger partial charge in [-0.05, 0) is 74.7 Å². The van der Waals surface area contributed by atoms with Gasteiger partial charge in [0.25, 0.3) is 0 Å². The number of halogens is 1. The van der Waals surface area contributed by atoms with Gasteiger partial charge < -0.3 is 19.5 Å². The summed E-state index contributed by atoms with van der Waals surface area (Å²) in [6.07, 6.45) is 6.99. The van der Waals surface area contributed by atoms with E-state index in [0.717, 1.165) is 22.6 Å². The van der Waals surface area contributed by atoms with Crippen molar-refractivity contribution in [2.75, 3.05) is 13.7 Å². The number of hydrogen-bond donors (Lipinski definition) is 1. The molecular formula is C31H39FN2O5S. The van der Waals surface area contributed by atoms with E-state index in [4.69, 9.17) is 14.2 Å². The number of benzene rings is 2. The monoisotopic (exact) mass is 570 g/mol. The number of esters is 1. The summed E-state index contributed by atoms with van der Waals surface area (Å²) >= 11 is 1.39. The standard InChI is InChI=1S/C31H39FN2O5S/c1-6-7-8-9-10-17-38-23-14-12-22(13-15-23)27-20-33-28(40-27)24-16-11-21(18-25(24)32)19-26(29(35)37-5)34-30(36)39-31(2,3)4/h11-16,18,20,26H,6-10,17,19H2,1-5H3,(H,34,36)/t26-/m0/s1. The van der Waals surface area contributed by atoms with Crippen molar-refractivity contribution >= 4 is 23.4 Å². The highest BCUT2D eigenvalue weighted by atomic mass is 32.1. The molecule has 1 amide bonds. The summed E-state index contributed by atoms with van der Waals surface area (Å²) in [6.45, 7) is 8.08. The minimum absolute atomic E-state index is 0.0411. The van der Waals surface area contributed by atoms with E-state index in [1.54, 1.807) is 39.1 Å². The van der Waals surface area contributed by atoms with Crippen molar-refractivity contribution in [1.29, 1.82) is 0 Å². The van der Waals surface area contributed by atoms with Crippen LogP contribution >= 0.6 is 11.3 Å². The number of carbonyl (C=O) groups is 2. The van der Waals surface area contributed by atoms with E-state index in [-0.39, 0.29) is 6.42 Å². The SMILES string of the molecule is CCCCCCCOc1ccc(-c2cnc(-c3ccc(C[C@H](NC(=O)OC(C)(C)C)C(=O)OC)cc3F)s2)cc1. The summed E-state index contributed by atoms with van der Waals surface area (Å²) in [5, 5.41) is 3.05. The molecule has 0 aliphatic carbocycles. The number of thiazole rings is 1. The predicted molar refractivity (Wildman–Crippen MR) is 156 cm³/mol. The van der Waals surface area contributed by atoms with Crippen LogP contribution in [0.3, 0.4) is 0 Å². The Hall–Kier alpha value is -3.46. The lowest BCUT2D eigenvalue weighted by molar-refractivity contribution is -0.143. The number of alkyl carbamates (subject to hydrolysis) is 1. The molecule has 40 heavy (non-hydrogen) atoms. The number of aromatic nitrogens is 1. The highest BCUT2D eigenvalue weighted by Gasteiger charge is 2.26. The van der Waals surface area contributed by atoms with Gasteiger partial charge in [0.2, 0.25) is 0 Å². The second kappa shape index (κ2) is 14.8. The molecule has 0 bridgehead atoms. The molecule has 3 rings (SSSR count). The van der Waals surface area contributed by atoms with Gasteiger partial charge in [-0.3, -0.25) is 0 Å². The number of carbonyl (C=O) groups excluding carboxylic acids is 2. The number of nitrogens with one attached hydrogen (secondary N) is 1. The first-order valence-electron chi connectivity index (χ1n) is 13.6. The van der Waals surface area contributed by atoms with Gasteiger partial charge in [0.1, 0.15) is 28.2 Å². The molecule has 0 saturated heterocycles. The van der Waals surface area contributed by atoms with Gasteiger partial charge in [0.05, 0.1) is 18.6 Å². The molecule has 0 saturated carbocycles. The molecule has 2 aromatic carbocycles. The first-order valence-corrected chi connectivity index (χ1v) is 14.5. The van der Waals surface area contributed by atoms with Gasteiger partial charge in [-0.15, -0.1) is 11.3 Å². The highest BCUT2D eigenvalue weighted by molar-refractivity contribution is 7.18. The quantitative estimate of drug-likeness (QED) is 0.168. The predicted octanol–water partition coefficient (Wildman–Crippen LogP) is 7.57. The van der Waals surface area contributed by atoms with Crippen LogP contribution in [0, 0.1) is 5.82 Å². The maximum absolute atomic E-state index is 15.2. The lowest BCUT2D eigenvalue weighted by Gasteiger charge is -2.22. The first-order chi connectivity index (χ1) is 19.1. The summed E-state index contributed by atoms with van der Waals surface area (Å²) < 4.78 is 31.0. The largest absolute Gasteiger partial charge is 0.494 e. The second-order valence-corrected chi connectivity index (χ2v) is 11.6. The molecule has 0 aliphatic heterocycles. The van der Waals surface area contributed by atoms with Crippen molar-refractivity contribution < 1.29 is 28.2 Å². The molecule has 1 aromatic heterocycles. The van der Waals surface area contributed by atoms with E-state index in [9.17, 15) is 9.59 Å². The van der Waals surface area contributed by atoms with E-state index < -0.39 is 29.5 Å².